The van der Waals surface area contributed by atoms with E-state index in [0.717, 1.165) is 5.56 Å². The van der Waals surface area contributed by atoms with Crippen molar-refractivity contribution in [1.29, 1.82) is 0 Å². The Labute approximate surface area is 227 Å². The van der Waals surface area contributed by atoms with E-state index in [1.54, 1.807) is 23.3 Å². The highest BCUT2D eigenvalue weighted by atomic mass is 35.5. The van der Waals surface area contributed by atoms with Gasteiger partial charge in [0.05, 0.1) is 37.6 Å². The standard InChI is InChI=1S/C26H29Cl2N3O5S/c27-22-8-9-24(28)25(17-22)37(33,34)31(11-10-29-12-15-35-16-13-29)20-26(32)30(19-23-7-4-14-36-23)18-21-5-2-1-3-6-21/h1-9,14,17H,10-13,15-16,18-20H2. The van der Waals surface area contributed by atoms with E-state index in [1.807, 2.05) is 30.3 Å². The van der Waals surface area contributed by atoms with Gasteiger partial charge in [0.1, 0.15) is 10.7 Å². The van der Waals surface area contributed by atoms with Crippen molar-refractivity contribution in [2.75, 3.05) is 45.9 Å². The van der Waals surface area contributed by atoms with Crippen LogP contribution in [0.2, 0.25) is 10.0 Å². The second-order valence-electron chi connectivity index (χ2n) is 8.68. The number of halogens is 2. The molecule has 1 aliphatic rings. The lowest BCUT2D eigenvalue weighted by Crippen LogP contribution is -2.47. The normalized spacial score (nSPS) is 14.7. The molecule has 0 atom stereocenters. The van der Waals surface area contributed by atoms with Crippen molar-refractivity contribution in [3.05, 3.63) is 88.3 Å². The van der Waals surface area contributed by atoms with Crippen molar-refractivity contribution in [2.24, 2.45) is 0 Å². The zero-order chi connectivity index (χ0) is 26.3. The Balaban J connectivity index is 1.60. The third kappa shape index (κ3) is 7.56. The van der Waals surface area contributed by atoms with E-state index in [0.29, 0.717) is 45.2 Å². The van der Waals surface area contributed by atoms with Gasteiger partial charge in [-0.3, -0.25) is 9.69 Å². The number of rotatable bonds is 11. The fourth-order valence-corrected chi connectivity index (χ4v) is 6.17. The van der Waals surface area contributed by atoms with Gasteiger partial charge >= 0.3 is 0 Å². The number of sulfonamides is 1. The van der Waals surface area contributed by atoms with Gasteiger partial charge in [-0.2, -0.15) is 4.31 Å². The molecule has 2 heterocycles. The average Bonchev–Trinajstić information content (AvgIpc) is 3.41. The monoisotopic (exact) mass is 565 g/mol. The summed E-state index contributed by atoms with van der Waals surface area (Å²) in [6.45, 7) is 3.26. The van der Waals surface area contributed by atoms with Crippen LogP contribution in [0.5, 0.6) is 0 Å². The van der Waals surface area contributed by atoms with Crippen molar-refractivity contribution in [2.45, 2.75) is 18.0 Å². The van der Waals surface area contributed by atoms with Crippen LogP contribution in [0.1, 0.15) is 11.3 Å². The van der Waals surface area contributed by atoms with E-state index in [-0.39, 0.29) is 40.5 Å². The largest absolute Gasteiger partial charge is 0.467 e. The van der Waals surface area contributed by atoms with Gasteiger partial charge < -0.3 is 14.1 Å². The van der Waals surface area contributed by atoms with Gasteiger partial charge in [0, 0.05) is 37.7 Å². The van der Waals surface area contributed by atoms with Gasteiger partial charge in [-0.1, -0.05) is 53.5 Å². The molecule has 8 nitrogen and oxygen atoms in total. The van der Waals surface area contributed by atoms with Crippen LogP contribution in [-0.4, -0.2) is 74.4 Å². The molecule has 1 aliphatic heterocycles. The lowest BCUT2D eigenvalue weighted by atomic mass is 10.2. The molecule has 1 saturated heterocycles. The zero-order valence-corrected chi connectivity index (χ0v) is 22.6. The molecule has 1 aromatic heterocycles. The molecule has 198 valence electrons. The first kappa shape index (κ1) is 27.6. The Morgan fingerprint density at radius 2 is 1.73 bits per heavy atom. The molecule has 1 fully saturated rings. The molecule has 0 radical (unpaired) electrons. The van der Waals surface area contributed by atoms with E-state index in [1.165, 1.54) is 22.5 Å². The quantitative estimate of drug-likeness (QED) is 0.347. The summed E-state index contributed by atoms with van der Waals surface area (Å²) in [5.74, 6) is 0.244. The molecule has 37 heavy (non-hydrogen) atoms. The third-order valence-corrected chi connectivity index (χ3v) is 8.65. The van der Waals surface area contributed by atoms with Crippen LogP contribution in [0.15, 0.2) is 76.2 Å². The maximum absolute atomic E-state index is 13.8. The number of nitrogens with zero attached hydrogens (tertiary/aromatic N) is 3. The number of furan rings is 1. The molecule has 0 N–H and O–H groups in total. The van der Waals surface area contributed by atoms with Crippen LogP contribution < -0.4 is 0 Å². The summed E-state index contributed by atoms with van der Waals surface area (Å²) >= 11 is 12.4. The number of carbonyl (C=O) groups excluding carboxylic acids is 1. The number of morpholine rings is 1. The van der Waals surface area contributed by atoms with Crippen LogP contribution in [-0.2, 0) is 32.6 Å². The lowest BCUT2D eigenvalue weighted by molar-refractivity contribution is -0.133. The fraction of sp³-hybridized carbons (Fsp3) is 0.346. The lowest BCUT2D eigenvalue weighted by Gasteiger charge is -2.31. The molecule has 2 aromatic carbocycles. The van der Waals surface area contributed by atoms with E-state index in [2.05, 4.69) is 4.90 Å². The van der Waals surface area contributed by atoms with Gasteiger partial charge in [-0.05, 0) is 35.9 Å². The van der Waals surface area contributed by atoms with E-state index in [9.17, 15) is 13.2 Å². The molecular weight excluding hydrogens is 537 g/mol. The number of carbonyl (C=O) groups is 1. The summed E-state index contributed by atoms with van der Waals surface area (Å²) in [7, 11) is -4.13. The molecule has 0 aliphatic carbocycles. The predicted molar refractivity (Wildman–Crippen MR) is 142 cm³/mol. The molecule has 11 heteroatoms. The number of ether oxygens (including phenoxy) is 1. The van der Waals surface area contributed by atoms with Crippen molar-refractivity contribution < 1.29 is 22.4 Å². The molecule has 0 saturated carbocycles. The predicted octanol–water partition coefficient (Wildman–Crippen LogP) is 4.14. The smallest absolute Gasteiger partial charge is 0.245 e. The molecule has 0 unspecified atom stereocenters. The van der Waals surface area contributed by atoms with E-state index >= 15 is 0 Å². The first-order valence-corrected chi connectivity index (χ1v) is 14.1. The SMILES string of the molecule is O=C(CN(CCN1CCOCC1)S(=O)(=O)c1cc(Cl)ccc1Cl)N(Cc1ccccc1)Cc1ccco1. The summed E-state index contributed by atoms with van der Waals surface area (Å²) in [6, 6.07) is 17.3. The van der Waals surface area contributed by atoms with Gasteiger partial charge in [-0.25, -0.2) is 8.42 Å². The highest BCUT2D eigenvalue weighted by molar-refractivity contribution is 7.89. The van der Waals surface area contributed by atoms with Crippen molar-refractivity contribution in [1.82, 2.24) is 14.1 Å². The minimum Gasteiger partial charge on any atom is -0.467 e. The Morgan fingerprint density at radius 3 is 2.43 bits per heavy atom. The summed E-state index contributed by atoms with van der Waals surface area (Å²) in [5.41, 5.74) is 0.919. The Hall–Kier alpha value is -2.40. The highest BCUT2D eigenvalue weighted by Gasteiger charge is 2.31. The summed E-state index contributed by atoms with van der Waals surface area (Å²) in [6.07, 6.45) is 1.54. The minimum atomic E-state index is -4.13. The molecular formula is C26H29Cl2N3O5S. The van der Waals surface area contributed by atoms with Crippen LogP contribution in [0.25, 0.3) is 0 Å². The molecule has 0 spiro atoms. The topological polar surface area (TPSA) is 83.3 Å². The number of hydrogen-bond donors (Lipinski definition) is 0. The van der Waals surface area contributed by atoms with Gasteiger partial charge in [0.25, 0.3) is 0 Å². The second-order valence-corrected chi connectivity index (χ2v) is 11.4. The van der Waals surface area contributed by atoms with Gasteiger partial charge in [0.15, 0.2) is 0 Å². The summed E-state index contributed by atoms with van der Waals surface area (Å²) in [4.78, 5) is 17.2. The number of amides is 1. The van der Waals surface area contributed by atoms with Crippen LogP contribution in [0.3, 0.4) is 0 Å². The van der Waals surface area contributed by atoms with E-state index in [4.69, 9.17) is 32.4 Å². The zero-order valence-electron chi connectivity index (χ0n) is 20.3. The van der Waals surface area contributed by atoms with Crippen LogP contribution >= 0.6 is 23.2 Å². The Kier molecular flexibility index (Phi) is 9.64. The van der Waals surface area contributed by atoms with Crippen molar-refractivity contribution >= 4 is 39.1 Å². The summed E-state index contributed by atoms with van der Waals surface area (Å²) < 4.78 is 39.6. The first-order chi connectivity index (χ1) is 17.8. The maximum atomic E-state index is 13.8. The summed E-state index contributed by atoms with van der Waals surface area (Å²) in [5, 5.41) is 0.288. The van der Waals surface area contributed by atoms with E-state index < -0.39 is 10.0 Å². The molecule has 1 amide bonds. The van der Waals surface area contributed by atoms with Crippen LogP contribution in [0, 0.1) is 0 Å². The van der Waals surface area contributed by atoms with Gasteiger partial charge in [0.2, 0.25) is 15.9 Å². The Morgan fingerprint density at radius 1 is 0.973 bits per heavy atom. The maximum Gasteiger partial charge on any atom is 0.245 e. The average molecular weight is 567 g/mol. The Bertz CT molecular complexity index is 1270. The third-order valence-electron chi connectivity index (χ3n) is 6.09. The molecule has 0 bridgehead atoms. The fourth-order valence-electron chi connectivity index (χ4n) is 4.05. The molecule has 4 rings (SSSR count). The first-order valence-electron chi connectivity index (χ1n) is 11.9. The van der Waals surface area contributed by atoms with Gasteiger partial charge in [-0.15, -0.1) is 0 Å². The van der Waals surface area contributed by atoms with Crippen LogP contribution in [0.4, 0.5) is 0 Å². The minimum absolute atomic E-state index is 0.0462. The second kappa shape index (κ2) is 12.9. The highest BCUT2D eigenvalue weighted by Crippen LogP contribution is 2.28. The van der Waals surface area contributed by atoms with Crippen molar-refractivity contribution in [3.8, 4) is 0 Å². The number of hydrogen-bond acceptors (Lipinski definition) is 6. The molecule has 3 aromatic rings. The number of benzene rings is 2. The van der Waals surface area contributed by atoms with Crippen molar-refractivity contribution in [3.63, 3.8) is 0 Å².